The lowest BCUT2D eigenvalue weighted by Gasteiger charge is -2.39. The van der Waals surface area contributed by atoms with Gasteiger partial charge in [0.1, 0.15) is 0 Å². The molecular weight excluding hydrogens is 521 g/mol. The minimum absolute atomic E-state index is 0.114. The molecule has 2 fully saturated rings. The van der Waals surface area contributed by atoms with Gasteiger partial charge in [-0.3, -0.25) is 4.90 Å². The van der Waals surface area contributed by atoms with Crippen molar-refractivity contribution in [3.63, 3.8) is 0 Å². The number of alkyl halides is 9. The van der Waals surface area contributed by atoms with Crippen molar-refractivity contribution >= 4 is 17.6 Å². The van der Waals surface area contributed by atoms with E-state index in [1.807, 2.05) is 4.90 Å². The molecule has 36 heavy (non-hydrogen) atoms. The van der Waals surface area contributed by atoms with Crippen molar-refractivity contribution in [1.82, 2.24) is 10.2 Å². The standard InChI is InChI=1S/C15H20F3N3O.2C2HF3O2/c16-15(17,18)11-2-1-3-12(8-11)20-4-6-21(7-5-20)13-9-19-10-14(13)22;2*3-2(4,5)1(6)7/h1-3,8,13-14,19,22H,4-7,9-10H2;2*(H,6,7)/t13-,14-;;/m0../s1. The minimum Gasteiger partial charge on any atom is -0.475 e. The van der Waals surface area contributed by atoms with Crippen molar-refractivity contribution in [3.05, 3.63) is 29.8 Å². The number of nitrogens with zero attached hydrogens (tertiary/aromatic N) is 2. The van der Waals surface area contributed by atoms with Gasteiger partial charge in [0.05, 0.1) is 11.7 Å². The van der Waals surface area contributed by atoms with Crippen LogP contribution in [0.25, 0.3) is 0 Å². The number of carboxylic acid groups (broad SMARTS) is 2. The molecule has 0 amide bonds. The fourth-order valence-corrected chi connectivity index (χ4v) is 3.21. The van der Waals surface area contributed by atoms with E-state index in [0.29, 0.717) is 25.3 Å². The molecule has 3 rings (SSSR count). The molecule has 0 saturated carbocycles. The van der Waals surface area contributed by atoms with E-state index in [9.17, 15) is 44.6 Å². The average Bonchev–Trinajstić information content (AvgIpc) is 3.19. The van der Waals surface area contributed by atoms with Crippen LogP contribution in [0.15, 0.2) is 24.3 Å². The predicted octanol–water partition coefficient (Wildman–Crippen LogP) is 2.43. The van der Waals surface area contributed by atoms with Crippen LogP contribution in [-0.2, 0) is 15.8 Å². The van der Waals surface area contributed by atoms with Gasteiger partial charge in [-0.05, 0) is 18.2 Å². The summed E-state index contributed by atoms with van der Waals surface area (Å²) in [6.45, 7) is 4.22. The van der Waals surface area contributed by atoms with Crippen LogP contribution in [0.4, 0.5) is 45.2 Å². The number of hydrogen-bond acceptors (Lipinski definition) is 6. The summed E-state index contributed by atoms with van der Waals surface area (Å²) in [5.41, 5.74) is 0.00224. The second kappa shape index (κ2) is 12.4. The molecule has 2 atom stereocenters. The highest BCUT2D eigenvalue weighted by Gasteiger charge is 2.39. The number of hydrogen-bond donors (Lipinski definition) is 4. The highest BCUT2D eigenvalue weighted by molar-refractivity contribution is 5.73. The maximum absolute atomic E-state index is 12.8. The minimum atomic E-state index is -5.08. The van der Waals surface area contributed by atoms with Gasteiger partial charge in [-0.15, -0.1) is 0 Å². The third-order valence-corrected chi connectivity index (χ3v) is 4.96. The largest absolute Gasteiger partial charge is 0.490 e. The lowest BCUT2D eigenvalue weighted by Crippen LogP contribution is -2.53. The van der Waals surface area contributed by atoms with Gasteiger partial charge in [0, 0.05) is 51.0 Å². The Balaban J connectivity index is 0.000000383. The second-order valence-electron chi connectivity index (χ2n) is 7.47. The number of aliphatic carboxylic acids is 2. The number of β-amino-alcohol motifs (C(OH)–C–C–N with tert-alkyl or cyclic N) is 1. The van der Waals surface area contributed by atoms with Gasteiger partial charge in [-0.1, -0.05) is 6.07 Å². The van der Waals surface area contributed by atoms with Crippen LogP contribution in [0, 0.1) is 0 Å². The molecule has 0 unspecified atom stereocenters. The van der Waals surface area contributed by atoms with Gasteiger partial charge in [-0.2, -0.15) is 39.5 Å². The summed E-state index contributed by atoms with van der Waals surface area (Å²) in [6, 6.07) is 5.59. The first-order valence-corrected chi connectivity index (χ1v) is 9.99. The number of carbonyl (C=O) groups is 2. The second-order valence-corrected chi connectivity index (χ2v) is 7.47. The summed E-state index contributed by atoms with van der Waals surface area (Å²) in [6.07, 6.45) is -14.8. The number of aliphatic hydroxyl groups excluding tert-OH is 1. The molecule has 0 radical (unpaired) electrons. The molecule has 2 heterocycles. The van der Waals surface area contributed by atoms with E-state index in [0.717, 1.165) is 25.7 Å². The molecule has 1 aromatic rings. The van der Waals surface area contributed by atoms with Crippen LogP contribution in [0.5, 0.6) is 0 Å². The maximum atomic E-state index is 12.8. The Morgan fingerprint density at radius 2 is 1.31 bits per heavy atom. The first-order chi connectivity index (χ1) is 16.3. The van der Waals surface area contributed by atoms with E-state index >= 15 is 0 Å². The maximum Gasteiger partial charge on any atom is 0.490 e. The molecule has 2 aliphatic heterocycles. The SMILES string of the molecule is O=C(O)C(F)(F)F.O=C(O)C(F)(F)F.O[C@H]1CNC[C@@H]1N1CCN(c2cccc(C(F)(F)F)c2)CC1. The number of aliphatic hydroxyl groups is 1. The number of carboxylic acids is 2. The van der Waals surface area contributed by atoms with Crippen LogP contribution in [-0.4, -0.2) is 95.9 Å². The summed E-state index contributed by atoms with van der Waals surface area (Å²) < 4.78 is 102. The Morgan fingerprint density at radius 1 is 0.833 bits per heavy atom. The molecule has 0 bridgehead atoms. The normalized spacial score (nSPS) is 21.1. The van der Waals surface area contributed by atoms with E-state index in [1.165, 1.54) is 12.1 Å². The van der Waals surface area contributed by atoms with Crippen molar-refractivity contribution in [3.8, 4) is 0 Å². The summed E-state index contributed by atoms with van der Waals surface area (Å²) in [7, 11) is 0. The van der Waals surface area contributed by atoms with E-state index in [1.54, 1.807) is 6.07 Å². The zero-order chi connectivity index (χ0) is 27.9. The van der Waals surface area contributed by atoms with Crippen molar-refractivity contribution in [1.29, 1.82) is 0 Å². The third-order valence-electron chi connectivity index (χ3n) is 4.96. The number of benzene rings is 1. The average molecular weight is 543 g/mol. The summed E-state index contributed by atoms with van der Waals surface area (Å²) >= 11 is 0. The monoisotopic (exact) mass is 543 g/mol. The van der Waals surface area contributed by atoms with E-state index in [-0.39, 0.29) is 12.1 Å². The van der Waals surface area contributed by atoms with Gasteiger partial charge < -0.3 is 25.5 Å². The van der Waals surface area contributed by atoms with Gasteiger partial charge in [0.25, 0.3) is 0 Å². The predicted molar refractivity (Wildman–Crippen MR) is 105 cm³/mol. The van der Waals surface area contributed by atoms with E-state index < -0.39 is 36.0 Å². The van der Waals surface area contributed by atoms with Gasteiger partial charge in [0.15, 0.2) is 0 Å². The zero-order valence-electron chi connectivity index (χ0n) is 18.2. The van der Waals surface area contributed by atoms with Crippen molar-refractivity contribution in [2.45, 2.75) is 30.7 Å². The Labute approximate surface area is 197 Å². The van der Waals surface area contributed by atoms with Gasteiger partial charge in [-0.25, -0.2) is 9.59 Å². The highest BCUT2D eigenvalue weighted by Crippen LogP contribution is 2.32. The zero-order valence-corrected chi connectivity index (χ0v) is 18.2. The number of nitrogens with one attached hydrogen (secondary N) is 1. The summed E-state index contributed by atoms with van der Waals surface area (Å²) in [5.74, 6) is -5.51. The van der Waals surface area contributed by atoms with Crippen molar-refractivity contribution in [2.24, 2.45) is 0 Å². The number of anilines is 1. The lowest BCUT2D eigenvalue weighted by molar-refractivity contribution is -0.193. The molecule has 17 heteroatoms. The van der Waals surface area contributed by atoms with E-state index in [2.05, 4.69) is 10.2 Å². The molecule has 0 spiro atoms. The van der Waals surface area contributed by atoms with Gasteiger partial charge >= 0.3 is 30.5 Å². The molecule has 2 saturated heterocycles. The molecule has 8 nitrogen and oxygen atoms in total. The van der Waals surface area contributed by atoms with Crippen molar-refractivity contribution in [2.75, 3.05) is 44.2 Å². The first-order valence-electron chi connectivity index (χ1n) is 9.99. The Hall–Kier alpha value is -2.79. The molecule has 4 N–H and O–H groups in total. The molecule has 1 aromatic carbocycles. The quantitative estimate of drug-likeness (QED) is 0.421. The van der Waals surface area contributed by atoms with Crippen LogP contribution in [0.2, 0.25) is 0 Å². The van der Waals surface area contributed by atoms with E-state index in [4.69, 9.17) is 19.8 Å². The topological polar surface area (TPSA) is 113 Å². The molecule has 0 aliphatic carbocycles. The Kier molecular flexibility index (Phi) is 10.8. The smallest absolute Gasteiger partial charge is 0.475 e. The number of halogens is 9. The Bertz CT molecular complexity index is 845. The molecular formula is C19H22F9N3O5. The first kappa shape index (κ1) is 31.2. The molecule has 206 valence electrons. The highest BCUT2D eigenvalue weighted by atomic mass is 19.4. The fraction of sp³-hybridized carbons (Fsp3) is 0.579. The van der Waals surface area contributed by atoms with Crippen LogP contribution >= 0.6 is 0 Å². The number of piperazine rings is 1. The summed E-state index contributed by atoms with van der Waals surface area (Å²) in [5, 5.41) is 27.3. The fourth-order valence-electron chi connectivity index (χ4n) is 3.21. The number of rotatable bonds is 2. The lowest BCUT2D eigenvalue weighted by atomic mass is 10.1. The summed E-state index contributed by atoms with van der Waals surface area (Å²) in [4.78, 5) is 22.0. The molecule has 2 aliphatic rings. The third kappa shape index (κ3) is 10.1. The van der Waals surface area contributed by atoms with Crippen molar-refractivity contribution < 1.29 is 64.4 Å². The Morgan fingerprint density at radius 3 is 1.67 bits per heavy atom. The van der Waals surface area contributed by atoms with Crippen LogP contribution in [0.3, 0.4) is 0 Å². The molecule has 0 aromatic heterocycles. The van der Waals surface area contributed by atoms with Crippen LogP contribution in [0.1, 0.15) is 5.56 Å². The van der Waals surface area contributed by atoms with Gasteiger partial charge in [0.2, 0.25) is 0 Å². The van der Waals surface area contributed by atoms with Crippen LogP contribution < -0.4 is 10.2 Å².